The Kier molecular flexibility index (Phi) is 5.43. The van der Waals surface area contributed by atoms with E-state index in [1.807, 2.05) is 0 Å². The number of rotatable bonds is 5. The number of hydrogen-bond acceptors (Lipinski definition) is 3. The zero-order valence-electron chi connectivity index (χ0n) is 8.70. The summed E-state index contributed by atoms with van der Waals surface area (Å²) in [5, 5.41) is 0.770. The molecule has 0 spiro atoms. The zero-order chi connectivity index (χ0) is 12.1. The van der Waals surface area contributed by atoms with E-state index in [9.17, 15) is 9.59 Å². The fraction of sp³-hybridized carbons (Fsp3) is 0.556. The first-order valence-electron chi connectivity index (χ1n) is 4.62. The molecule has 0 amide bonds. The Labute approximate surface area is 109 Å². The van der Waals surface area contributed by atoms with Crippen molar-refractivity contribution in [1.29, 1.82) is 0 Å². The molecule has 0 bridgehead atoms. The number of aromatic amines is 1. The molecule has 0 saturated carbocycles. The van der Waals surface area contributed by atoms with E-state index in [4.69, 9.17) is 4.74 Å². The molecule has 1 aromatic heterocycles. The fourth-order valence-corrected chi connectivity index (χ4v) is 1.41. The standard InChI is InChI=1S/C9H12Br2N2O3/c1-6-3-13(9(15)12-8(6)14)5-16-4-7(11)2-10/h3,7H,2,4-5H2,1H3,(H,12,14,15). The third-order valence-corrected chi connectivity index (χ3v) is 4.12. The fourth-order valence-electron chi connectivity index (χ4n) is 1.04. The number of hydrogen-bond donors (Lipinski definition) is 1. The molecule has 1 heterocycles. The van der Waals surface area contributed by atoms with Crippen LogP contribution in [0.3, 0.4) is 0 Å². The second-order valence-electron chi connectivity index (χ2n) is 3.29. The van der Waals surface area contributed by atoms with Gasteiger partial charge in [0.1, 0.15) is 6.73 Å². The van der Waals surface area contributed by atoms with Crippen LogP contribution in [-0.4, -0.2) is 26.3 Å². The average Bonchev–Trinajstić information content (AvgIpc) is 2.25. The maximum absolute atomic E-state index is 11.3. The van der Waals surface area contributed by atoms with Crippen LogP contribution < -0.4 is 11.2 Å². The monoisotopic (exact) mass is 354 g/mol. The lowest BCUT2D eigenvalue weighted by Gasteiger charge is -2.09. The molecule has 1 rings (SSSR count). The van der Waals surface area contributed by atoms with Gasteiger partial charge in [-0.05, 0) is 6.92 Å². The average molecular weight is 356 g/mol. The molecule has 1 atom stereocenters. The van der Waals surface area contributed by atoms with Crippen LogP contribution >= 0.6 is 31.9 Å². The molecular formula is C9H12Br2N2O3. The summed E-state index contributed by atoms with van der Waals surface area (Å²) in [5.74, 6) is 0. The third kappa shape index (κ3) is 3.88. The second-order valence-corrected chi connectivity index (χ2v) is 5.24. The predicted octanol–water partition coefficient (Wildman–Crippen LogP) is 0.978. The van der Waals surface area contributed by atoms with Gasteiger partial charge in [-0.25, -0.2) is 4.79 Å². The van der Waals surface area contributed by atoms with Gasteiger partial charge in [0.2, 0.25) is 0 Å². The van der Waals surface area contributed by atoms with Gasteiger partial charge in [-0.1, -0.05) is 31.9 Å². The van der Waals surface area contributed by atoms with Crippen LogP contribution in [0.1, 0.15) is 5.56 Å². The van der Waals surface area contributed by atoms with Gasteiger partial charge in [-0.2, -0.15) is 0 Å². The predicted molar refractivity (Wildman–Crippen MR) is 68.5 cm³/mol. The lowest BCUT2D eigenvalue weighted by molar-refractivity contribution is 0.0778. The van der Waals surface area contributed by atoms with Crippen molar-refractivity contribution >= 4 is 31.9 Å². The van der Waals surface area contributed by atoms with Gasteiger partial charge >= 0.3 is 5.69 Å². The normalized spacial score (nSPS) is 12.7. The molecule has 0 saturated heterocycles. The summed E-state index contributed by atoms with van der Waals surface area (Å²) in [5.41, 5.74) is -0.334. The van der Waals surface area contributed by atoms with E-state index in [1.165, 1.54) is 10.8 Å². The first kappa shape index (κ1) is 13.7. The van der Waals surface area contributed by atoms with E-state index in [2.05, 4.69) is 36.8 Å². The van der Waals surface area contributed by atoms with Crippen LogP contribution in [0.4, 0.5) is 0 Å². The molecule has 1 aromatic rings. The molecule has 1 N–H and O–H groups in total. The third-order valence-electron chi connectivity index (χ3n) is 1.89. The number of aryl methyl sites for hydroxylation is 1. The van der Waals surface area contributed by atoms with Crippen molar-refractivity contribution < 1.29 is 4.74 Å². The Bertz CT molecular complexity index is 455. The highest BCUT2D eigenvalue weighted by Gasteiger charge is 2.03. The lowest BCUT2D eigenvalue weighted by Crippen LogP contribution is -2.31. The van der Waals surface area contributed by atoms with Crippen LogP contribution in [0.2, 0.25) is 0 Å². The van der Waals surface area contributed by atoms with Crippen LogP contribution in [0.5, 0.6) is 0 Å². The van der Waals surface area contributed by atoms with E-state index in [1.54, 1.807) is 6.92 Å². The minimum absolute atomic E-state index is 0.131. The maximum Gasteiger partial charge on any atom is 0.330 e. The van der Waals surface area contributed by atoms with E-state index in [0.717, 1.165) is 5.33 Å². The molecule has 0 radical (unpaired) electrons. The molecule has 7 heteroatoms. The van der Waals surface area contributed by atoms with Crippen LogP contribution in [0, 0.1) is 6.92 Å². The first-order valence-corrected chi connectivity index (χ1v) is 6.66. The van der Waals surface area contributed by atoms with Gasteiger partial charge in [-0.15, -0.1) is 0 Å². The maximum atomic E-state index is 11.3. The molecule has 5 nitrogen and oxygen atoms in total. The lowest BCUT2D eigenvalue weighted by atomic mass is 10.4. The summed E-state index contributed by atoms with van der Waals surface area (Å²) in [4.78, 5) is 24.9. The smallest absolute Gasteiger partial charge is 0.330 e. The zero-order valence-corrected chi connectivity index (χ0v) is 11.9. The Morgan fingerprint density at radius 2 is 2.25 bits per heavy atom. The largest absolute Gasteiger partial charge is 0.359 e. The molecule has 0 aliphatic heterocycles. The van der Waals surface area contributed by atoms with E-state index in [-0.39, 0.29) is 17.1 Å². The van der Waals surface area contributed by atoms with Gasteiger partial charge in [0.25, 0.3) is 5.56 Å². The molecule has 0 aliphatic carbocycles. The van der Waals surface area contributed by atoms with Crippen molar-refractivity contribution in [2.45, 2.75) is 18.5 Å². The van der Waals surface area contributed by atoms with Gasteiger partial charge < -0.3 is 4.74 Å². The summed E-state index contributed by atoms with van der Waals surface area (Å²) in [7, 11) is 0. The van der Waals surface area contributed by atoms with Crippen molar-refractivity contribution in [2.24, 2.45) is 0 Å². The molecule has 0 aromatic carbocycles. The number of H-pyrrole nitrogens is 1. The van der Waals surface area contributed by atoms with E-state index < -0.39 is 5.69 Å². The topological polar surface area (TPSA) is 64.1 Å². The van der Waals surface area contributed by atoms with Crippen molar-refractivity contribution in [3.8, 4) is 0 Å². The Balaban J connectivity index is 2.65. The molecule has 16 heavy (non-hydrogen) atoms. The van der Waals surface area contributed by atoms with Gasteiger partial charge in [-0.3, -0.25) is 14.3 Å². The molecule has 90 valence electrons. The number of halogens is 2. The van der Waals surface area contributed by atoms with Crippen molar-refractivity contribution in [2.75, 3.05) is 11.9 Å². The van der Waals surface area contributed by atoms with Crippen molar-refractivity contribution in [3.63, 3.8) is 0 Å². The summed E-state index contributed by atoms with van der Waals surface area (Å²) in [6.45, 7) is 2.25. The van der Waals surface area contributed by atoms with E-state index >= 15 is 0 Å². The molecule has 0 fully saturated rings. The first-order chi connectivity index (χ1) is 7.54. The SMILES string of the molecule is Cc1cn(COCC(Br)CBr)c(=O)[nH]c1=O. The van der Waals surface area contributed by atoms with Crippen LogP contribution in [-0.2, 0) is 11.5 Å². The number of ether oxygens (including phenoxy) is 1. The summed E-state index contributed by atoms with van der Waals surface area (Å²) >= 11 is 6.67. The number of aromatic nitrogens is 2. The molecular weight excluding hydrogens is 344 g/mol. The molecule has 0 aliphatic rings. The van der Waals surface area contributed by atoms with Crippen LogP contribution in [0.15, 0.2) is 15.8 Å². The van der Waals surface area contributed by atoms with Crippen LogP contribution in [0.25, 0.3) is 0 Å². The Morgan fingerprint density at radius 1 is 1.56 bits per heavy atom. The van der Waals surface area contributed by atoms with Gasteiger partial charge in [0.05, 0.1) is 6.61 Å². The van der Waals surface area contributed by atoms with Gasteiger partial charge in [0.15, 0.2) is 0 Å². The Hall–Kier alpha value is -0.400. The van der Waals surface area contributed by atoms with Gasteiger partial charge in [0, 0.05) is 21.9 Å². The van der Waals surface area contributed by atoms with Crippen molar-refractivity contribution in [1.82, 2.24) is 9.55 Å². The Morgan fingerprint density at radius 3 is 2.88 bits per heavy atom. The number of alkyl halides is 2. The number of nitrogens with zero attached hydrogens (tertiary/aromatic N) is 1. The summed E-state index contributed by atoms with van der Waals surface area (Å²) < 4.78 is 6.64. The second kappa shape index (κ2) is 6.36. The summed E-state index contributed by atoms with van der Waals surface area (Å²) in [6, 6.07) is 0. The summed E-state index contributed by atoms with van der Waals surface area (Å²) in [6.07, 6.45) is 1.48. The van der Waals surface area contributed by atoms with Crippen molar-refractivity contribution in [3.05, 3.63) is 32.6 Å². The number of nitrogens with one attached hydrogen (secondary N) is 1. The minimum atomic E-state index is -0.458. The quantitative estimate of drug-likeness (QED) is 0.801. The highest BCUT2D eigenvalue weighted by Crippen LogP contribution is 2.03. The highest BCUT2D eigenvalue weighted by molar-refractivity contribution is 9.12. The van der Waals surface area contributed by atoms with E-state index in [0.29, 0.717) is 12.2 Å². The minimum Gasteiger partial charge on any atom is -0.359 e. The highest BCUT2D eigenvalue weighted by atomic mass is 79.9. The molecule has 1 unspecified atom stereocenters.